The molecule has 76 heavy (non-hydrogen) atoms. The molecule has 0 aromatic heterocycles. The van der Waals surface area contributed by atoms with Crippen molar-refractivity contribution in [3.8, 4) is 0 Å². The fourth-order valence-corrected chi connectivity index (χ4v) is 7.56. The Kier molecular flexibility index (Phi) is 53.2. The highest BCUT2D eigenvalue weighted by Gasteiger charge is 2.22. The molecule has 0 aliphatic rings. The molecule has 0 aromatic carbocycles. The first kappa shape index (κ1) is 71.4. The van der Waals surface area contributed by atoms with Crippen molar-refractivity contribution >= 4 is 17.9 Å². The molecule has 0 amide bonds. The van der Waals surface area contributed by atoms with E-state index in [0.717, 1.165) is 141 Å². The average Bonchev–Trinajstić information content (AvgIpc) is 3.39. The van der Waals surface area contributed by atoms with Gasteiger partial charge in [0.05, 0.1) is 40.3 Å². The Balaban J connectivity index is 4.25. The van der Waals surface area contributed by atoms with E-state index in [1.807, 2.05) is 21.1 Å². The highest BCUT2D eigenvalue weighted by atomic mass is 16.7. The van der Waals surface area contributed by atoms with Gasteiger partial charge in [0.15, 0.2) is 12.4 Å². The van der Waals surface area contributed by atoms with Gasteiger partial charge in [-0.15, -0.1) is 0 Å². The Labute approximate surface area is 465 Å². The number of carbonyl (C=O) groups excluding carboxylic acids is 3. The van der Waals surface area contributed by atoms with Crippen LogP contribution in [0.2, 0.25) is 0 Å². The van der Waals surface area contributed by atoms with Crippen molar-refractivity contribution in [1.29, 1.82) is 0 Å². The number of ether oxygens (including phenoxy) is 4. The van der Waals surface area contributed by atoms with Crippen molar-refractivity contribution in [3.63, 3.8) is 0 Å². The third kappa shape index (κ3) is 57.1. The molecule has 0 saturated heterocycles. The van der Waals surface area contributed by atoms with Crippen LogP contribution in [0.4, 0.5) is 0 Å². The first-order valence-electron chi connectivity index (χ1n) is 29.8. The van der Waals surface area contributed by atoms with Crippen molar-refractivity contribution in [2.75, 3.05) is 47.5 Å². The topological polar surface area (TPSA) is 111 Å². The molecule has 0 N–H and O–H groups in total. The van der Waals surface area contributed by atoms with Crippen LogP contribution >= 0.6 is 0 Å². The smallest absolute Gasteiger partial charge is 0.306 e. The largest absolute Gasteiger partial charge is 0.545 e. The number of carbonyl (C=O) groups is 3. The highest BCUT2D eigenvalue weighted by Crippen LogP contribution is 2.13. The minimum atomic E-state index is -1.63. The summed E-state index contributed by atoms with van der Waals surface area (Å²) in [5, 5.41) is 11.8. The maximum Gasteiger partial charge on any atom is 0.306 e. The van der Waals surface area contributed by atoms with Gasteiger partial charge in [-0.2, -0.15) is 0 Å². The van der Waals surface area contributed by atoms with Gasteiger partial charge in [0.2, 0.25) is 0 Å². The van der Waals surface area contributed by atoms with Crippen molar-refractivity contribution in [2.24, 2.45) is 0 Å². The molecule has 0 aliphatic heterocycles. The van der Waals surface area contributed by atoms with Crippen LogP contribution in [0.1, 0.15) is 213 Å². The summed E-state index contributed by atoms with van der Waals surface area (Å²) in [5.41, 5.74) is 0. The number of allylic oxidation sites excluding steroid dienone is 22. The number of carboxylic acids is 1. The normalized spacial score (nSPS) is 13.8. The summed E-state index contributed by atoms with van der Waals surface area (Å²) in [7, 11) is 5.90. The lowest BCUT2D eigenvalue weighted by Gasteiger charge is -2.26. The summed E-state index contributed by atoms with van der Waals surface area (Å²) in [6.45, 7) is 4.57. The second-order valence-corrected chi connectivity index (χ2v) is 20.5. The molecule has 0 radical (unpaired) electrons. The number of nitrogens with zero attached hydrogens (tertiary/aromatic N) is 1. The molecule has 0 fully saturated rings. The third-order valence-corrected chi connectivity index (χ3v) is 12.1. The van der Waals surface area contributed by atoms with E-state index in [-0.39, 0.29) is 38.6 Å². The number of unbranched alkanes of at least 4 members (excludes halogenated alkanes) is 16. The molecule has 2 atom stereocenters. The lowest BCUT2D eigenvalue weighted by molar-refractivity contribution is -0.870. The Morgan fingerprint density at radius 2 is 0.750 bits per heavy atom. The van der Waals surface area contributed by atoms with Gasteiger partial charge in [-0.3, -0.25) is 9.59 Å². The molecular weight excluding hydrogens is 947 g/mol. The molecule has 9 heteroatoms. The van der Waals surface area contributed by atoms with Crippen LogP contribution in [0, 0.1) is 0 Å². The molecule has 0 aliphatic carbocycles. The Bertz CT molecular complexity index is 1700. The average molecular weight is 1060 g/mol. The van der Waals surface area contributed by atoms with Gasteiger partial charge in [0, 0.05) is 12.8 Å². The number of hydrogen-bond acceptors (Lipinski definition) is 8. The molecule has 0 heterocycles. The summed E-state index contributed by atoms with van der Waals surface area (Å²) in [4.78, 5) is 37.2. The highest BCUT2D eigenvalue weighted by molar-refractivity contribution is 5.70. The Morgan fingerprint density at radius 3 is 1.13 bits per heavy atom. The van der Waals surface area contributed by atoms with Gasteiger partial charge < -0.3 is 33.3 Å². The minimum absolute atomic E-state index is 0.137. The standard InChI is InChI=1S/C67H109NO8/c1-6-8-10-12-14-16-18-20-22-23-24-25-26-27-28-29-30-31-32-33-34-35-36-37-38-39-40-41-42-43-44-46-48-50-52-54-56-58-65(70)76-63(62-75-67(66(71)72)73-60-59-68(3,4)5)61-74-64(69)57-55-53-51-49-47-45-21-19-17-15-13-11-9-7-2/h8,10,14,16,19-22,24-25,27-28,30-31,33-34,36-37,39-40,42-43,63,67H,6-7,9,11-13,15,17-18,23,26,29,32,35,38,41,44-62H2,1-5H3/b10-8-,16-14-,21-19-,22-20-,25-24-,28-27-,31-30-,34-33-,37-36-,40-39-,43-42-. The van der Waals surface area contributed by atoms with Gasteiger partial charge in [0.1, 0.15) is 13.2 Å². The maximum atomic E-state index is 12.9. The van der Waals surface area contributed by atoms with E-state index in [1.165, 1.54) is 38.5 Å². The van der Waals surface area contributed by atoms with Gasteiger partial charge in [-0.25, -0.2) is 0 Å². The summed E-state index contributed by atoms with van der Waals surface area (Å²) in [5.74, 6) is -2.33. The van der Waals surface area contributed by atoms with Gasteiger partial charge in [0.25, 0.3) is 0 Å². The molecule has 2 unspecified atom stereocenters. The van der Waals surface area contributed by atoms with E-state index >= 15 is 0 Å². The van der Waals surface area contributed by atoms with Crippen LogP contribution < -0.4 is 5.11 Å². The van der Waals surface area contributed by atoms with Crippen LogP contribution in [0.25, 0.3) is 0 Å². The second-order valence-electron chi connectivity index (χ2n) is 20.5. The second kappa shape index (κ2) is 56.6. The van der Waals surface area contributed by atoms with E-state index in [0.29, 0.717) is 17.4 Å². The number of rotatable bonds is 53. The third-order valence-electron chi connectivity index (χ3n) is 12.1. The van der Waals surface area contributed by atoms with Crippen LogP contribution in [0.5, 0.6) is 0 Å². The first-order chi connectivity index (χ1) is 37.1. The fraction of sp³-hybridized carbons (Fsp3) is 0.627. The predicted octanol–water partition coefficient (Wildman–Crippen LogP) is 16.5. The number of carboxylic acid groups (broad SMARTS) is 1. The van der Waals surface area contributed by atoms with E-state index in [1.54, 1.807) is 0 Å². The fourth-order valence-electron chi connectivity index (χ4n) is 7.56. The van der Waals surface area contributed by atoms with Gasteiger partial charge in [-0.1, -0.05) is 218 Å². The summed E-state index contributed by atoms with van der Waals surface area (Å²) in [6, 6.07) is 0. The summed E-state index contributed by atoms with van der Waals surface area (Å²) >= 11 is 0. The van der Waals surface area contributed by atoms with Crippen molar-refractivity contribution in [2.45, 2.75) is 225 Å². The lowest BCUT2D eigenvalue weighted by atomic mass is 10.1. The molecule has 0 bridgehead atoms. The number of likely N-dealkylation sites (N-methyl/N-ethyl adjacent to an activating group) is 1. The van der Waals surface area contributed by atoms with E-state index < -0.39 is 24.3 Å². The summed E-state index contributed by atoms with van der Waals surface area (Å²) in [6.07, 6.45) is 77.9. The van der Waals surface area contributed by atoms with Crippen molar-refractivity contribution in [3.05, 3.63) is 134 Å². The molecule has 0 rings (SSSR count). The van der Waals surface area contributed by atoms with Crippen LogP contribution in [0.3, 0.4) is 0 Å². The number of hydrogen-bond donors (Lipinski definition) is 0. The monoisotopic (exact) mass is 1060 g/mol. The zero-order valence-corrected chi connectivity index (χ0v) is 48.8. The Morgan fingerprint density at radius 1 is 0.408 bits per heavy atom. The molecule has 0 spiro atoms. The van der Waals surface area contributed by atoms with Gasteiger partial charge in [-0.05, 0) is 116 Å². The zero-order chi connectivity index (χ0) is 55.5. The van der Waals surface area contributed by atoms with Crippen molar-refractivity contribution < 1.29 is 42.9 Å². The van der Waals surface area contributed by atoms with E-state index in [2.05, 4.69) is 148 Å². The van der Waals surface area contributed by atoms with Crippen molar-refractivity contribution in [1.82, 2.24) is 0 Å². The van der Waals surface area contributed by atoms with Gasteiger partial charge >= 0.3 is 11.9 Å². The summed E-state index contributed by atoms with van der Waals surface area (Å²) < 4.78 is 22.6. The maximum absolute atomic E-state index is 12.9. The predicted molar refractivity (Wildman–Crippen MR) is 319 cm³/mol. The zero-order valence-electron chi connectivity index (χ0n) is 48.8. The molecular formula is C67H109NO8. The van der Waals surface area contributed by atoms with Crippen LogP contribution in [-0.4, -0.2) is 82.3 Å². The number of quaternary nitrogens is 1. The molecule has 430 valence electrons. The number of esters is 2. The molecule has 0 aromatic rings. The van der Waals surface area contributed by atoms with Crippen LogP contribution in [0.15, 0.2) is 134 Å². The SMILES string of the molecule is CC/C=C\C/C=C\C/C=C\C/C=C\C/C=C\C/C=C\C/C=C\C/C=C\C/C=C\C/C=C\CCCCCCCCC(=O)OC(COC(=O)CCCCCCC/C=C\CCCCCCC)COC(OCC[N+](C)(C)C)C(=O)[O-]. The minimum Gasteiger partial charge on any atom is -0.545 e. The quantitative estimate of drug-likeness (QED) is 0.0195. The Hall–Kier alpha value is -4.57. The first-order valence-corrected chi connectivity index (χ1v) is 29.8. The van der Waals surface area contributed by atoms with Crippen LogP contribution in [-0.2, 0) is 33.3 Å². The lowest BCUT2D eigenvalue weighted by Crippen LogP contribution is -2.44. The molecule has 9 nitrogen and oxygen atoms in total. The number of aliphatic carboxylic acids is 1. The van der Waals surface area contributed by atoms with E-state index in [9.17, 15) is 19.5 Å². The van der Waals surface area contributed by atoms with E-state index in [4.69, 9.17) is 18.9 Å². The molecule has 0 saturated carbocycles.